The van der Waals surface area contributed by atoms with Crippen LogP contribution in [0, 0.1) is 19.7 Å². The molecule has 0 bridgehead atoms. The summed E-state index contributed by atoms with van der Waals surface area (Å²) < 4.78 is 13.9. The highest BCUT2D eigenvalue weighted by Crippen LogP contribution is 2.29. The number of rotatable bonds is 3. The number of hydrogen-bond acceptors (Lipinski definition) is 1. The molecule has 1 unspecified atom stereocenters. The Kier molecular flexibility index (Phi) is 4.12. The molecule has 1 aromatic heterocycles. The molecule has 2 aromatic rings. The minimum atomic E-state index is -0.220. The molecule has 0 N–H and O–H groups in total. The lowest BCUT2D eigenvalue weighted by atomic mass is 9.90. The molecule has 0 aliphatic heterocycles. The second-order valence-corrected chi connectivity index (χ2v) is 5.16. The lowest BCUT2D eigenvalue weighted by Crippen LogP contribution is -2.05. The SMILES string of the molecule is [CH2]CC(c1ccc(F)cc1)c1ncc(Br)cc1C. The summed E-state index contributed by atoms with van der Waals surface area (Å²) in [7, 11) is 0. The molecule has 1 nitrogen and oxygen atoms in total. The van der Waals surface area contributed by atoms with Crippen molar-refractivity contribution in [2.24, 2.45) is 0 Å². The summed E-state index contributed by atoms with van der Waals surface area (Å²) in [5.74, 6) is -0.110. The molecule has 1 atom stereocenters. The van der Waals surface area contributed by atoms with Crippen molar-refractivity contribution in [3.8, 4) is 0 Å². The van der Waals surface area contributed by atoms with Crippen molar-refractivity contribution in [2.75, 3.05) is 0 Å². The number of halogens is 2. The first-order chi connectivity index (χ1) is 8.61. The summed E-state index contributed by atoms with van der Waals surface area (Å²) in [4.78, 5) is 4.47. The fourth-order valence-corrected chi connectivity index (χ4v) is 2.52. The Morgan fingerprint density at radius 1 is 1.33 bits per heavy atom. The van der Waals surface area contributed by atoms with Crippen LogP contribution in [0.3, 0.4) is 0 Å². The zero-order valence-corrected chi connectivity index (χ0v) is 11.7. The number of nitrogens with zero attached hydrogens (tertiary/aromatic N) is 1. The number of aryl methyl sites for hydroxylation is 1. The molecule has 1 heterocycles. The molecule has 2 rings (SSSR count). The van der Waals surface area contributed by atoms with Gasteiger partial charge in [0.15, 0.2) is 0 Å². The normalized spacial score (nSPS) is 12.4. The van der Waals surface area contributed by atoms with Gasteiger partial charge in [-0.2, -0.15) is 0 Å². The van der Waals surface area contributed by atoms with Crippen LogP contribution in [0.4, 0.5) is 4.39 Å². The maximum absolute atomic E-state index is 13.0. The fraction of sp³-hybridized carbons (Fsp3) is 0.200. The Morgan fingerprint density at radius 3 is 2.56 bits per heavy atom. The molecular weight excluding hydrogens is 293 g/mol. The van der Waals surface area contributed by atoms with E-state index in [-0.39, 0.29) is 11.7 Å². The maximum atomic E-state index is 13.0. The third-order valence-corrected chi connectivity index (χ3v) is 3.41. The Labute approximate surface area is 115 Å². The summed E-state index contributed by atoms with van der Waals surface area (Å²) in [5.41, 5.74) is 3.16. The zero-order valence-electron chi connectivity index (χ0n) is 10.2. The van der Waals surface area contributed by atoms with Crippen LogP contribution < -0.4 is 0 Å². The highest BCUT2D eigenvalue weighted by atomic mass is 79.9. The summed E-state index contributed by atoms with van der Waals surface area (Å²) in [5, 5.41) is 0. The van der Waals surface area contributed by atoms with Gasteiger partial charge >= 0.3 is 0 Å². The molecule has 0 saturated carbocycles. The summed E-state index contributed by atoms with van der Waals surface area (Å²) >= 11 is 3.41. The maximum Gasteiger partial charge on any atom is 0.123 e. The van der Waals surface area contributed by atoms with Gasteiger partial charge in [-0.1, -0.05) is 19.1 Å². The van der Waals surface area contributed by atoms with E-state index in [4.69, 9.17) is 0 Å². The molecule has 0 spiro atoms. The van der Waals surface area contributed by atoms with Crippen LogP contribution in [0.1, 0.15) is 29.2 Å². The van der Waals surface area contributed by atoms with Crippen LogP contribution in [0.2, 0.25) is 0 Å². The average Bonchev–Trinajstić information content (AvgIpc) is 2.35. The molecule has 0 amide bonds. The predicted octanol–water partition coefficient (Wildman–Crippen LogP) is 4.65. The van der Waals surface area contributed by atoms with Gasteiger partial charge in [-0.05, 0) is 58.6 Å². The molecule has 18 heavy (non-hydrogen) atoms. The minimum Gasteiger partial charge on any atom is -0.259 e. The molecule has 0 fully saturated rings. The lowest BCUT2D eigenvalue weighted by molar-refractivity contribution is 0.626. The first-order valence-electron chi connectivity index (χ1n) is 5.78. The van der Waals surface area contributed by atoms with E-state index >= 15 is 0 Å². The Morgan fingerprint density at radius 2 is 2.00 bits per heavy atom. The van der Waals surface area contributed by atoms with Gasteiger partial charge in [-0.15, -0.1) is 0 Å². The van der Waals surface area contributed by atoms with Gasteiger partial charge in [-0.3, -0.25) is 4.98 Å². The highest BCUT2D eigenvalue weighted by Gasteiger charge is 2.16. The van der Waals surface area contributed by atoms with Gasteiger partial charge in [0.1, 0.15) is 5.82 Å². The number of hydrogen-bond donors (Lipinski definition) is 0. The predicted molar refractivity (Wildman–Crippen MR) is 74.9 cm³/mol. The molecule has 0 aliphatic rings. The van der Waals surface area contributed by atoms with E-state index in [1.165, 1.54) is 12.1 Å². The van der Waals surface area contributed by atoms with Crippen molar-refractivity contribution in [1.29, 1.82) is 0 Å². The standard InChI is InChI=1S/C15H14BrFN/c1-3-14(11-4-6-13(17)7-5-11)15-10(2)8-12(16)9-18-15/h4-9,14H,1,3H2,2H3. The van der Waals surface area contributed by atoms with Crippen molar-refractivity contribution in [2.45, 2.75) is 19.3 Å². The third-order valence-electron chi connectivity index (χ3n) is 2.98. The van der Waals surface area contributed by atoms with Crippen LogP contribution in [-0.4, -0.2) is 4.98 Å². The van der Waals surface area contributed by atoms with Gasteiger partial charge in [0.25, 0.3) is 0 Å². The first-order valence-corrected chi connectivity index (χ1v) is 6.58. The van der Waals surface area contributed by atoms with Crippen LogP contribution in [-0.2, 0) is 0 Å². The van der Waals surface area contributed by atoms with Crippen LogP contribution in [0.25, 0.3) is 0 Å². The third kappa shape index (κ3) is 2.78. The van der Waals surface area contributed by atoms with E-state index in [2.05, 4.69) is 27.8 Å². The zero-order chi connectivity index (χ0) is 13.1. The van der Waals surface area contributed by atoms with E-state index in [0.717, 1.165) is 21.3 Å². The van der Waals surface area contributed by atoms with Crippen LogP contribution in [0.15, 0.2) is 41.0 Å². The quantitative estimate of drug-likeness (QED) is 0.804. The second kappa shape index (κ2) is 5.61. The molecule has 93 valence electrons. The van der Waals surface area contributed by atoms with E-state index in [9.17, 15) is 4.39 Å². The molecule has 0 aliphatic carbocycles. The van der Waals surface area contributed by atoms with Crippen molar-refractivity contribution in [3.63, 3.8) is 0 Å². The molecule has 3 heteroatoms. The van der Waals surface area contributed by atoms with Crippen molar-refractivity contribution >= 4 is 15.9 Å². The highest BCUT2D eigenvalue weighted by molar-refractivity contribution is 9.10. The first kappa shape index (κ1) is 13.2. The topological polar surface area (TPSA) is 12.9 Å². The van der Waals surface area contributed by atoms with E-state index < -0.39 is 0 Å². The lowest BCUT2D eigenvalue weighted by Gasteiger charge is -2.17. The van der Waals surface area contributed by atoms with Gasteiger partial charge in [0, 0.05) is 16.6 Å². The Bertz CT molecular complexity index is 537. The average molecular weight is 307 g/mol. The van der Waals surface area contributed by atoms with Gasteiger partial charge in [0.05, 0.1) is 5.69 Å². The Hall–Kier alpha value is -1.22. The second-order valence-electron chi connectivity index (χ2n) is 4.25. The number of pyridine rings is 1. The van der Waals surface area contributed by atoms with E-state index in [1.807, 2.05) is 13.0 Å². The van der Waals surface area contributed by atoms with E-state index in [0.29, 0.717) is 6.42 Å². The molecular formula is C15H14BrFN. The minimum absolute atomic E-state index is 0.110. The van der Waals surface area contributed by atoms with Gasteiger partial charge in [0.2, 0.25) is 0 Å². The molecule has 0 saturated heterocycles. The van der Waals surface area contributed by atoms with Crippen molar-refractivity contribution in [1.82, 2.24) is 4.98 Å². The number of aromatic nitrogens is 1. The fourth-order valence-electron chi connectivity index (χ4n) is 2.07. The van der Waals surface area contributed by atoms with Crippen LogP contribution >= 0.6 is 15.9 Å². The number of benzene rings is 1. The Balaban J connectivity index is 2.41. The van der Waals surface area contributed by atoms with E-state index in [1.54, 1.807) is 18.3 Å². The monoisotopic (exact) mass is 306 g/mol. The summed E-state index contributed by atoms with van der Waals surface area (Å²) in [6, 6.07) is 8.59. The molecule has 1 radical (unpaired) electrons. The van der Waals surface area contributed by atoms with Gasteiger partial charge < -0.3 is 0 Å². The molecule has 1 aromatic carbocycles. The summed E-state index contributed by atoms with van der Waals surface area (Å²) in [6.07, 6.45) is 2.48. The summed E-state index contributed by atoms with van der Waals surface area (Å²) in [6.45, 7) is 6.01. The van der Waals surface area contributed by atoms with Gasteiger partial charge in [-0.25, -0.2) is 4.39 Å². The largest absolute Gasteiger partial charge is 0.259 e. The van der Waals surface area contributed by atoms with Crippen molar-refractivity contribution < 1.29 is 4.39 Å². The smallest absolute Gasteiger partial charge is 0.123 e. The van der Waals surface area contributed by atoms with Crippen LogP contribution in [0.5, 0.6) is 0 Å². The van der Waals surface area contributed by atoms with Crippen molar-refractivity contribution in [3.05, 3.63) is 70.6 Å².